The molecule has 0 radical (unpaired) electrons. The molecule has 0 saturated carbocycles. The van der Waals surface area contributed by atoms with Gasteiger partial charge in [-0.2, -0.15) is 0 Å². The standard InChI is InChI=1S/C11H7BrF2N4O/c12-6-3-5(13)4-7(14)10(6)16-11(19)8-1-2-9(15)18-17-8/h1-4H,(H2,15,18)(H,16,19). The van der Waals surface area contributed by atoms with Gasteiger partial charge in [-0.3, -0.25) is 4.79 Å². The van der Waals surface area contributed by atoms with E-state index in [4.69, 9.17) is 5.73 Å². The zero-order chi connectivity index (χ0) is 14.0. The Balaban J connectivity index is 2.26. The summed E-state index contributed by atoms with van der Waals surface area (Å²) >= 11 is 2.96. The molecule has 3 N–H and O–H groups in total. The molecule has 0 aliphatic rings. The van der Waals surface area contributed by atoms with Crippen molar-refractivity contribution < 1.29 is 13.6 Å². The number of rotatable bonds is 2. The van der Waals surface area contributed by atoms with Crippen LogP contribution >= 0.6 is 15.9 Å². The van der Waals surface area contributed by atoms with Crippen LogP contribution in [0.3, 0.4) is 0 Å². The van der Waals surface area contributed by atoms with Crippen molar-refractivity contribution in [2.24, 2.45) is 0 Å². The van der Waals surface area contributed by atoms with Crippen molar-refractivity contribution >= 4 is 33.3 Å². The number of halogens is 3. The second kappa shape index (κ2) is 5.27. The Kier molecular flexibility index (Phi) is 3.70. The topological polar surface area (TPSA) is 80.9 Å². The summed E-state index contributed by atoms with van der Waals surface area (Å²) in [5.74, 6) is -2.18. The lowest BCUT2D eigenvalue weighted by Crippen LogP contribution is -2.16. The number of amides is 1. The lowest BCUT2D eigenvalue weighted by atomic mass is 10.2. The van der Waals surface area contributed by atoms with E-state index in [0.717, 1.165) is 6.07 Å². The van der Waals surface area contributed by atoms with Gasteiger partial charge in [0.05, 0.1) is 5.69 Å². The highest BCUT2D eigenvalue weighted by Crippen LogP contribution is 2.27. The Bertz CT molecular complexity index is 610. The molecular formula is C11H7BrF2N4O. The second-order valence-corrected chi connectivity index (χ2v) is 4.40. The van der Waals surface area contributed by atoms with Gasteiger partial charge in [0.1, 0.15) is 11.6 Å². The summed E-state index contributed by atoms with van der Waals surface area (Å²) in [6, 6.07) is 4.42. The third-order valence-corrected chi connectivity index (χ3v) is 2.79. The molecule has 0 unspecified atom stereocenters. The average Bonchev–Trinajstić information content (AvgIpc) is 2.34. The van der Waals surface area contributed by atoms with Crippen LogP contribution in [0.15, 0.2) is 28.7 Å². The lowest BCUT2D eigenvalue weighted by Gasteiger charge is -2.08. The third-order valence-electron chi connectivity index (χ3n) is 2.16. The Hall–Kier alpha value is -2.09. The van der Waals surface area contributed by atoms with E-state index in [2.05, 4.69) is 31.4 Å². The van der Waals surface area contributed by atoms with Crippen molar-refractivity contribution in [3.05, 3.63) is 46.1 Å². The highest BCUT2D eigenvalue weighted by Gasteiger charge is 2.15. The maximum absolute atomic E-state index is 13.5. The van der Waals surface area contributed by atoms with Crippen molar-refractivity contribution in [2.75, 3.05) is 11.1 Å². The second-order valence-electron chi connectivity index (χ2n) is 3.54. The van der Waals surface area contributed by atoms with Crippen LogP contribution in [-0.2, 0) is 0 Å². The van der Waals surface area contributed by atoms with Gasteiger partial charge in [-0.1, -0.05) is 0 Å². The molecule has 1 aromatic heterocycles. The van der Waals surface area contributed by atoms with Crippen molar-refractivity contribution in [3.63, 3.8) is 0 Å². The first kappa shape index (κ1) is 13.3. The number of carbonyl (C=O) groups excluding carboxylic acids is 1. The van der Waals surface area contributed by atoms with Crippen LogP contribution in [-0.4, -0.2) is 16.1 Å². The molecule has 5 nitrogen and oxygen atoms in total. The molecule has 19 heavy (non-hydrogen) atoms. The van der Waals surface area contributed by atoms with Crippen LogP contribution < -0.4 is 11.1 Å². The predicted molar refractivity (Wildman–Crippen MR) is 68.5 cm³/mol. The molecule has 2 rings (SSSR count). The first-order valence-electron chi connectivity index (χ1n) is 5.02. The fourth-order valence-corrected chi connectivity index (χ4v) is 1.81. The fourth-order valence-electron chi connectivity index (χ4n) is 1.30. The van der Waals surface area contributed by atoms with Crippen LogP contribution in [0, 0.1) is 11.6 Å². The van der Waals surface area contributed by atoms with Crippen molar-refractivity contribution in [1.29, 1.82) is 0 Å². The minimum Gasteiger partial charge on any atom is -0.382 e. The summed E-state index contributed by atoms with van der Waals surface area (Å²) in [7, 11) is 0. The summed E-state index contributed by atoms with van der Waals surface area (Å²) in [5.41, 5.74) is 5.12. The molecule has 0 spiro atoms. The van der Waals surface area contributed by atoms with E-state index in [1.165, 1.54) is 12.1 Å². The van der Waals surface area contributed by atoms with Crippen LogP contribution in [0.25, 0.3) is 0 Å². The highest BCUT2D eigenvalue weighted by atomic mass is 79.9. The number of nitrogens with two attached hydrogens (primary N) is 1. The maximum atomic E-state index is 13.5. The van der Waals surface area contributed by atoms with Gasteiger partial charge in [-0.05, 0) is 34.1 Å². The molecular weight excluding hydrogens is 322 g/mol. The Morgan fingerprint density at radius 2 is 2.00 bits per heavy atom. The molecule has 2 aromatic rings. The molecule has 1 aromatic carbocycles. The van der Waals surface area contributed by atoms with Crippen LogP contribution in [0.1, 0.15) is 10.5 Å². The molecule has 0 atom stereocenters. The van der Waals surface area contributed by atoms with E-state index in [1.54, 1.807) is 0 Å². The summed E-state index contributed by atoms with van der Waals surface area (Å²) < 4.78 is 26.5. The van der Waals surface area contributed by atoms with Gasteiger partial charge >= 0.3 is 0 Å². The SMILES string of the molecule is Nc1ccc(C(=O)Nc2c(F)cc(F)cc2Br)nn1. The average molecular weight is 329 g/mol. The number of hydrogen-bond acceptors (Lipinski definition) is 4. The normalized spacial score (nSPS) is 10.3. The van der Waals surface area contributed by atoms with Gasteiger partial charge in [0.2, 0.25) is 0 Å². The Labute approximate surface area is 115 Å². The molecule has 0 aliphatic carbocycles. The molecule has 0 saturated heterocycles. The predicted octanol–water partition coefficient (Wildman–Crippen LogP) is 2.35. The molecule has 0 fully saturated rings. The first-order valence-corrected chi connectivity index (χ1v) is 5.82. The molecule has 98 valence electrons. The monoisotopic (exact) mass is 328 g/mol. The molecule has 8 heteroatoms. The van der Waals surface area contributed by atoms with Gasteiger partial charge in [-0.15, -0.1) is 10.2 Å². The minimum atomic E-state index is -0.899. The molecule has 0 aliphatic heterocycles. The van der Waals surface area contributed by atoms with Gasteiger partial charge in [-0.25, -0.2) is 8.78 Å². The first-order chi connectivity index (χ1) is 8.97. The van der Waals surface area contributed by atoms with Gasteiger partial charge < -0.3 is 11.1 Å². The lowest BCUT2D eigenvalue weighted by molar-refractivity contribution is 0.102. The number of hydrogen-bond donors (Lipinski definition) is 2. The molecule has 0 bridgehead atoms. The Morgan fingerprint density at radius 3 is 2.58 bits per heavy atom. The number of carbonyl (C=O) groups is 1. The van der Waals surface area contributed by atoms with E-state index < -0.39 is 17.5 Å². The van der Waals surface area contributed by atoms with E-state index in [0.29, 0.717) is 6.07 Å². The summed E-state index contributed by atoms with van der Waals surface area (Å²) in [6.07, 6.45) is 0. The van der Waals surface area contributed by atoms with E-state index in [1.807, 2.05) is 0 Å². The quantitative estimate of drug-likeness (QED) is 0.886. The van der Waals surface area contributed by atoms with Crippen molar-refractivity contribution in [3.8, 4) is 0 Å². The van der Waals surface area contributed by atoms with Gasteiger partial charge in [0.25, 0.3) is 5.91 Å². The van der Waals surface area contributed by atoms with E-state index in [-0.39, 0.29) is 21.7 Å². The Morgan fingerprint density at radius 1 is 1.26 bits per heavy atom. The third kappa shape index (κ3) is 3.02. The molecule has 1 heterocycles. The van der Waals surface area contributed by atoms with Crippen molar-refractivity contribution in [1.82, 2.24) is 10.2 Å². The number of nitrogens with one attached hydrogen (secondary N) is 1. The number of anilines is 2. The number of aromatic nitrogens is 2. The number of nitrogen functional groups attached to an aromatic ring is 1. The zero-order valence-electron chi connectivity index (χ0n) is 9.32. The summed E-state index contributed by atoms with van der Waals surface area (Å²) in [4.78, 5) is 11.8. The van der Waals surface area contributed by atoms with Gasteiger partial charge in [0.15, 0.2) is 11.5 Å². The van der Waals surface area contributed by atoms with E-state index >= 15 is 0 Å². The largest absolute Gasteiger partial charge is 0.382 e. The maximum Gasteiger partial charge on any atom is 0.276 e. The number of benzene rings is 1. The smallest absolute Gasteiger partial charge is 0.276 e. The summed E-state index contributed by atoms with van der Waals surface area (Å²) in [5, 5.41) is 9.33. The van der Waals surface area contributed by atoms with Crippen LogP contribution in [0.2, 0.25) is 0 Å². The summed E-state index contributed by atoms with van der Waals surface area (Å²) in [6.45, 7) is 0. The van der Waals surface area contributed by atoms with Gasteiger partial charge in [0, 0.05) is 10.5 Å². The minimum absolute atomic E-state index is 0.0372. The molecule has 1 amide bonds. The van der Waals surface area contributed by atoms with Crippen molar-refractivity contribution in [2.45, 2.75) is 0 Å². The zero-order valence-corrected chi connectivity index (χ0v) is 10.9. The number of nitrogens with zero attached hydrogens (tertiary/aromatic N) is 2. The fraction of sp³-hybridized carbons (Fsp3) is 0. The van der Waals surface area contributed by atoms with E-state index in [9.17, 15) is 13.6 Å². The highest BCUT2D eigenvalue weighted by molar-refractivity contribution is 9.10. The van der Waals surface area contributed by atoms with Crippen LogP contribution in [0.4, 0.5) is 20.3 Å². The van der Waals surface area contributed by atoms with Crippen LogP contribution in [0.5, 0.6) is 0 Å².